The normalized spacial score (nSPS) is 20.8. The van der Waals surface area contributed by atoms with Crippen molar-refractivity contribution in [1.29, 1.82) is 0 Å². The number of ether oxygens (including phenoxy) is 1. The van der Waals surface area contributed by atoms with E-state index in [-0.39, 0.29) is 12.5 Å². The molecule has 1 aromatic rings. The van der Waals surface area contributed by atoms with Crippen LogP contribution in [0.2, 0.25) is 0 Å². The van der Waals surface area contributed by atoms with Crippen molar-refractivity contribution >= 4 is 5.97 Å². The standard InChI is InChI=1S/C13H18N2O3/c16-13(17)2-1-12-10-18-8-7-15(12)9-11-3-5-14-6-4-11/h3-6,12H,1-2,7-10H2,(H,16,17). The summed E-state index contributed by atoms with van der Waals surface area (Å²) in [4.78, 5) is 16.9. The predicted octanol–water partition coefficient (Wildman–Crippen LogP) is 1.15. The molecule has 1 aromatic heterocycles. The minimum atomic E-state index is -0.746. The fourth-order valence-corrected chi connectivity index (χ4v) is 2.18. The average molecular weight is 250 g/mol. The Bertz CT molecular complexity index is 383. The van der Waals surface area contributed by atoms with Gasteiger partial charge in [0, 0.05) is 37.9 Å². The molecule has 0 bridgehead atoms. The fraction of sp³-hybridized carbons (Fsp3) is 0.538. The van der Waals surface area contributed by atoms with Crippen LogP contribution in [-0.2, 0) is 16.1 Å². The lowest BCUT2D eigenvalue weighted by Crippen LogP contribution is -2.45. The summed E-state index contributed by atoms with van der Waals surface area (Å²) >= 11 is 0. The first kappa shape index (κ1) is 13.0. The van der Waals surface area contributed by atoms with Gasteiger partial charge in [-0.3, -0.25) is 14.7 Å². The second-order valence-electron chi connectivity index (χ2n) is 4.49. The predicted molar refractivity (Wildman–Crippen MR) is 66.1 cm³/mol. The third-order valence-corrected chi connectivity index (χ3v) is 3.18. The van der Waals surface area contributed by atoms with Crippen LogP contribution in [0.5, 0.6) is 0 Å². The largest absolute Gasteiger partial charge is 0.481 e. The SMILES string of the molecule is O=C(O)CCC1COCCN1Cc1ccncc1. The van der Waals surface area contributed by atoms with Crippen molar-refractivity contribution in [3.05, 3.63) is 30.1 Å². The van der Waals surface area contributed by atoms with E-state index in [4.69, 9.17) is 9.84 Å². The van der Waals surface area contributed by atoms with Crippen molar-refractivity contribution in [3.8, 4) is 0 Å². The van der Waals surface area contributed by atoms with Gasteiger partial charge in [0.2, 0.25) is 0 Å². The molecule has 0 spiro atoms. The average Bonchev–Trinajstić information content (AvgIpc) is 2.39. The maximum Gasteiger partial charge on any atom is 0.303 e. The van der Waals surface area contributed by atoms with Gasteiger partial charge in [-0.25, -0.2) is 0 Å². The highest BCUT2D eigenvalue weighted by molar-refractivity contribution is 5.66. The molecular weight excluding hydrogens is 232 g/mol. The zero-order valence-electron chi connectivity index (χ0n) is 10.3. The van der Waals surface area contributed by atoms with Crippen molar-refractivity contribution < 1.29 is 14.6 Å². The number of hydrogen-bond donors (Lipinski definition) is 1. The number of morpholine rings is 1. The van der Waals surface area contributed by atoms with E-state index >= 15 is 0 Å². The van der Waals surface area contributed by atoms with E-state index in [1.165, 1.54) is 5.56 Å². The van der Waals surface area contributed by atoms with Crippen molar-refractivity contribution in [1.82, 2.24) is 9.88 Å². The number of carboxylic acids is 1. The minimum absolute atomic E-state index is 0.195. The molecular formula is C13H18N2O3. The first-order chi connectivity index (χ1) is 8.75. The summed E-state index contributed by atoms with van der Waals surface area (Å²) in [7, 11) is 0. The van der Waals surface area contributed by atoms with Gasteiger partial charge in [0.25, 0.3) is 0 Å². The molecule has 5 heteroatoms. The molecule has 5 nitrogen and oxygen atoms in total. The molecule has 0 aromatic carbocycles. The second kappa shape index (κ2) is 6.47. The molecule has 1 saturated heterocycles. The Morgan fingerprint density at radius 3 is 3.00 bits per heavy atom. The van der Waals surface area contributed by atoms with Gasteiger partial charge in [-0.15, -0.1) is 0 Å². The first-order valence-corrected chi connectivity index (χ1v) is 6.18. The van der Waals surface area contributed by atoms with Crippen LogP contribution >= 0.6 is 0 Å². The lowest BCUT2D eigenvalue weighted by Gasteiger charge is -2.35. The number of carbonyl (C=O) groups is 1. The summed E-state index contributed by atoms with van der Waals surface area (Å²) in [5, 5.41) is 8.75. The summed E-state index contributed by atoms with van der Waals surface area (Å²) in [6, 6.07) is 4.18. The minimum Gasteiger partial charge on any atom is -0.481 e. The summed E-state index contributed by atoms with van der Waals surface area (Å²) in [6.07, 6.45) is 4.39. The molecule has 0 saturated carbocycles. The quantitative estimate of drug-likeness (QED) is 0.849. The van der Waals surface area contributed by atoms with Crippen LogP contribution in [0.25, 0.3) is 0 Å². The van der Waals surface area contributed by atoms with E-state index in [9.17, 15) is 4.79 Å². The molecule has 1 aliphatic heterocycles. The maximum absolute atomic E-state index is 10.6. The molecule has 0 amide bonds. The number of carboxylic acid groups (broad SMARTS) is 1. The first-order valence-electron chi connectivity index (χ1n) is 6.18. The molecule has 1 N–H and O–H groups in total. The van der Waals surface area contributed by atoms with Crippen LogP contribution < -0.4 is 0 Å². The van der Waals surface area contributed by atoms with Gasteiger partial charge >= 0.3 is 5.97 Å². The molecule has 1 atom stereocenters. The molecule has 2 heterocycles. The van der Waals surface area contributed by atoms with Crippen molar-refractivity contribution in [2.75, 3.05) is 19.8 Å². The van der Waals surface area contributed by atoms with E-state index in [0.29, 0.717) is 19.6 Å². The van der Waals surface area contributed by atoms with E-state index in [2.05, 4.69) is 9.88 Å². The third kappa shape index (κ3) is 3.78. The van der Waals surface area contributed by atoms with Crippen LogP contribution in [0.15, 0.2) is 24.5 Å². The van der Waals surface area contributed by atoms with Crippen molar-refractivity contribution in [3.63, 3.8) is 0 Å². The highest BCUT2D eigenvalue weighted by Gasteiger charge is 2.23. The fourth-order valence-electron chi connectivity index (χ4n) is 2.18. The van der Waals surface area contributed by atoms with Gasteiger partial charge in [-0.1, -0.05) is 0 Å². The van der Waals surface area contributed by atoms with E-state index in [1.807, 2.05) is 12.1 Å². The summed E-state index contributed by atoms with van der Waals surface area (Å²) in [5.74, 6) is -0.746. The Balaban J connectivity index is 1.93. The Kier molecular flexibility index (Phi) is 4.66. The van der Waals surface area contributed by atoms with Crippen LogP contribution in [0.4, 0.5) is 0 Å². The van der Waals surface area contributed by atoms with Gasteiger partial charge < -0.3 is 9.84 Å². The Hall–Kier alpha value is -1.46. The van der Waals surface area contributed by atoms with E-state index < -0.39 is 5.97 Å². The molecule has 1 fully saturated rings. The van der Waals surface area contributed by atoms with Crippen LogP contribution in [0.3, 0.4) is 0 Å². The lowest BCUT2D eigenvalue weighted by atomic mass is 10.1. The molecule has 0 radical (unpaired) electrons. The number of aliphatic carboxylic acids is 1. The van der Waals surface area contributed by atoms with E-state index in [1.54, 1.807) is 12.4 Å². The van der Waals surface area contributed by atoms with Gasteiger partial charge in [-0.2, -0.15) is 0 Å². The topological polar surface area (TPSA) is 62.7 Å². The lowest BCUT2D eigenvalue weighted by molar-refractivity contribution is -0.137. The second-order valence-corrected chi connectivity index (χ2v) is 4.49. The molecule has 2 rings (SSSR count). The highest BCUT2D eigenvalue weighted by Crippen LogP contribution is 2.15. The highest BCUT2D eigenvalue weighted by atomic mass is 16.5. The summed E-state index contributed by atoms with van der Waals surface area (Å²) in [5.41, 5.74) is 1.20. The maximum atomic E-state index is 10.6. The number of pyridine rings is 1. The number of hydrogen-bond acceptors (Lipinski definition) is 4. The summed E-state index contributed by atoms with van der Waals surface area (Å²) < 4.78 is 5.44. The molecule has 98 valence electrons. The Morgan fingerprint density at radius 1 is 1.50 bits per heavy atom. The Morgan fingerprint density at radius 2 is 2.28 bits per heavy atom. The molecule has 1 unspecified atom stereocenters. The molecule has 0 aliphatic carbocycles. The molecule has 18 heavy (non-hydrogen) atoms. The van der Waals surface area contributed by atoms with Crippen molar-refractivity contribution in [2.45, 2.75) is 25.4 Å². The Labute approximate surface area is 106 Å². The smallest absolute Gasteiger partial charge is 0.303 e. The summed E-state index contributed by atoms with van der Waals surface area (Å²) in [6.45, 7) is 3.02. The number of nitrogens with zero attached hydrogens (tertiary/aromatic N) is 2. The monoisotopic (exact) mass is 250 g/mol. The van der Waals surface area contributed by atoms with Gasteiger partial charge in [0.1, 0.15) is 0 Å². The van der Waals surface area contributed by atoms with Crippen LogP contribution in [0, 0.1) is 0 Å². The van der Waals surface area contributed by atoms with Crippen molar-refractivity contribution in [2.24, 2.45) is 0 Å². The zero-order chi connectivity index (χ0) is 12.8. The van der Waals surface area contributed by atoms with E-state index in [0.717, 1.165) is 13.1 Å². The molecule has 1 aliphatic rings. The van der Waals surface area contributed by atoms with Gasteiger partial charge in [0.05, 0.1) is 13.2 Å². The van der Waals surface area contributed by atoms with Crippen LogP contribution in [-0.4, -0.2) is 46.8 Å². The zero-order valence-corrected chi connectivity index (χ0v) is 10.3. The number of rotatable bonds is 5. The number of aromatic nitrogens is 1. The van der Waals surface area contributed by atoms with Gasteiger partial charge in [0.15, 0.2) is 0 Å². The van der Waals surface area contributed by atoms with Crippen LogP contribution in [0.1, 0.15) is 18.4 Å². The third-order valence-electron chi connectivity index (χ3n) is 3.18. The van der Waals surface area contributed by atoms with Gasteiger partial charge in [-0.05, 0) is 24.1 Å².